The fraction of sp³-hybridized carbons (Fsp3) is 0.706. The van der Waals surface area contributed by atoms with Crippen molar-refractivity contribution >= 4 is 23.2 Å². The van der Waals surface area contributed by atoms with Gasteiger partial charge in [0.05, 0.1) is 25.2 Å². The van der Waals surface area contributed by atoms with Crippen LogP contribution in [0.2, 0.25) is 0 Å². The number of rotatable bonds is 4. The number of carboxylic acid groups (broad SMARTS) is 1. The molecule has 4 rings (SSSR count). The fourth-order valence-corrected chi connectivity index (χ4v) is 4.28. The third kappa shape index (κ3) is 5.42. The second-order valence-electron chi connectivity index (χ2n) is 7.15. The first-order valence-electron chi connectivity index (χ1n) is 9.06. The van der Waals surface area contributed by atoms with E-state index in [1.165, 1.54) is 5.01 Å². The van der Waals surface area contributed by atoms with Gasteiger partial charge < -0.3 is 14.7 Å². The van der Waals surface area contributed by atoms with Gasteiger partial charge in [0.2, 0.25) is 5.91 Å². The summed E-state index contributed by atoms with van der Waals surface area (Å²) in [6.45, 7) is 4.89. The second-order valence-corrected chi connectivity index (χ2v) is 8.13. The highest BCUT2D eigenvalue weighted by Crippen LogP contribution is 2.35. The van der Waals surface area contributed by atoms with Crippen molar-refractivity contribution in [2.75, 3.05) is 26.2 Å². The minimum atomic E-state index is -5.08. The molecule has 0 aromatic carbocycles. The first kappa shape index (κ1) is 21.0. The monoisotopic (exact) mass is 421 g/mol. The summed E-state index contributed by atoms with van der Waals surface area (Å²) in [5, 5.41) is 10.3. The van der Waals surface area contributed by atoms with Crippen molar-refractivity contribution in [2.45, 2.75) is 44.2 Å². The van der Waals surface area contributed by atoms with Gasteiger partial charge in [0.1, 0.15) is 5.01 Å². The lowest BCUT2D eigenvalue weighted by molar-refractivity contribution is -0.192. The molecule has 1 aromatic heterocycles. The molecule has 1 amide bonds. The van der Waals surface area contributed by atoms with Crippen LogP contribution in [0.5, 0.6) is 0 Å². The number of thiazole rings is 1. The van der Waals surface area contributed by atoms with Crippen LogP contribution in [0.3, 0.4) is 0 Å². The molecule has 0 spiro atoms. The van der Waals surface area contributed by atoms with Gasteiger partial charge in [-0.2, -0.15) is 13.2 Å². The van der Waals surface area contributed by atoms with Gasteiger partial charge in [0.25, 0.3) is 0 Å². The molecule has 0 unspecified atom stereocenters. The van der Waals surface area contributed by atoms with E-state index in [2.05, 4.69) is 9.88 Å². The lowest BCUT2D eigenvalue weighted by atomic mass is 10.0. The molecule has 3 fully saturated rings. The molecule has 0 bridgehead atoms. The number of hydrogen-bond acceptors (Lipinski definition) is 6. The molecule has 0 aliphatic carbocycles. The number of carbonyl (C=O) groups is 2. The molecular formula is C17H22F3N3O4S. The van der Waals surface area contributed by atoms with Gasteiger partial charge in [0, 0.05) is 43.7 Å². The second kappa shape index (κ2) is 8.75. The summed E-state index contributed by atoms with van der Waals surface area (Å²) in [6.07, 6.45) is 0.0335. The van der Waals surface area contributed by atoms with Gasteiger partial charge in [-0.05, 0) is 12.8 Å². The molecule has 7 nitrogen and oxygen atoms in total. The number of fused-ring (bicyclic) bond motifs is 1. The predicted molar refractivity (Wildman–Crippen MR) is 93.7 cm³/mol. The highest BCUT2D eigenvalue weighted by molar-refractivity contribution is 7.09. The van der Waals surface area contributed by atoms with E-state index in [-0.39, 0.29) is 12.0 Å². The number of carbonyl (C=O) groups excluding carboxylic acids is 1. The maximum atomic E-state index is 12.0. The van der Waals surface area contributed by atoms with E-state index in [0.29, 0.717) is 18.4 Å². The number of aliphatic carboxylic acids is 1. The Morgan fingerprint density at radius 1 is 1.32 bits per heavy atom. The fourth-order valence-electron chi connectivity index (χ4n) is 3.62. The van der Waals surface area contributed by atoms with Crippen molar-refractivity contribution in [3.8, 4) is 0 Å². The summed E-state index contributed by atoms with van der Waals surface area (Å²) in [6, 6.07) is 0. The molecular weight excluding hydrogens is 399 g/mol. The summed E-state index contributed by atoms with van der Waals surface area (Å²) in [5.74, 6) is -1.88. The average molecular weight is 421 g/mol. The minimum Gasteiger partial charge on any atom is -0.475 e. The normalized spacial score (nSPS) is 27.0. The predicted octanol–water partition coefficient (Wildman–Crippen LogP) is 1.99. The topological polar surface area (TPSA) is 83.0 Å². The Labute approximate surface area is 164 Å². The quantitative estimate of drug-likeness (QED) is 0.801. The maximum Gasteiger partial charge on any atom is 0.490 e. The van der Waals surface area contributed by atoms with Crippen LogP contribution in [-0.2, 0) is 20.9 Å². The van der Waals surface area contributed by atoms with Crippen LogP contribution in [0.1, 0.15) is 24.3 Å². The number of carboxylic acids is 1. The largest absolute Gasteiger partial charge is 0.490 e. The van der Waals surface area contributed by atoms with E-state index in [9.17, 15) is 18.0 Å². The molecule has 156 valence electrons. The van der Waals surface area contributed by atoms with Crippen LogP contribution >= 0.6 is 11.3 Å². The van der Waals surface area contributed by atoms with Gasteiger partial charge in [-0.15, -0.1) is 11.3 Å². The van der Waals surface area contributed by atoms with Crippen molar-refractivity contribution in [1.82, 2.24) is 14.8 Å². The number of nitrogens with zero attached hydrogens (tertiary/aromatic N) is 3. The van der Waals surface area contributed by atoms with Crippen LogP contribution < -0.4 is 0 Å². The third-order valence-corrected chi connectivity index (χ3v) is 5.85. The summed E-state index contributed by atoms with van der Waals surface area (Å²) in [7, 11) is 0. The van der Waals surface area contributed by atoms with Crippen molar-refractivity contribution in [1.29, 1.82) is 0 Å². The first-order valence-corrected chi connectivity index (χ1v) is 9.94. The van der Waals surface area contributed by atoms with Crippen LogP contribution in [-0.4, -0.2) is 76.3 Å². The molecule has 0 radical (unpaired) electrons. The summed E-state index contributed by atoms with van der Waals surface area (Å²) >= 11 is 1.72. The van der Waals surface area contributed by atoms with Crippen LogP contribution in [0, 0.1) is 5.92 Å². The zero-order chi connectivity index (χ0) is 20.3. The Kier molecular flexibility index (Phi) is 6.56. The van der Waals surface area contributed by atoms with E-state index in [1.54, 1.807) is 11.3 Å². The maximum absolute atomic E-state index is 12.0. The Morgan fingerprint density at radius 3 is 2.54 bits per heavy atom. The number of likely N-dealkylation sites (tertiary alicyclic amines) is 2. The van der Waals surface area contributed by atoms with E-state index >= 15 is 0 Å². The Balaban J connectivity index is 0.000000279. The number of halogens is 3. The summed E-state index contributed by atoms with van der Waals surface area (Å²) in [5.41, 5.74) is 0. The van der Waals surface area contributed by atoms with Crippen LogP contribution in [0.15, 0.2) is 11.6 Å². The van der Waals surface area contributed by atoms with Gasteiger partial charge in [0.15, 0.2) is 0 Å². The molecule has 11 heteroatoms. The van der Waals surface area contributed by atoms with Crippen LogP contribution in [0.25, 0.3) is 0 Å². The lowest BCUT2D eigenvalue weighted by Gasteiger charge is -2.31. The number of ether oxygens (including phenoxy) is 1. The van der Waals surface area contributed by atoms with Crippen LogP contribution in [0.4, 0.5) is 13.2 Å². The number of alkyl halides is 3. The Hall–Kier alpha value is -1.72. The minimum absolute atomic E-state index is 0.148. The summed E-state index contributed by atoms with van der Waals surface area (Å²) in [4.78, 5) is 29.6. The van der Waals surface area contributed by atoms with E-state index < -0.39 is 12.1 Å². The first-order chi connectivity index (χ1) is 13.2. The molecule has 3 aliphatic heterocycles. The smallest absolute Gasteiger partial charge is 0.475 e. The molecule has 1 aromatic rings. The SMILES string of the molecule is O=C(C[C@H]1C[C@H]2CN(Cc3nccs3)C[C@H]2O1)N1CCC1.O=C(O)C(F)(F)F. The average Bonchev–Trinajstić information content (AvgIpc) is 3.22. The molecule has 4 heterocycles. The molecule has 3 aliphatic rings. The number of aromatic nitrogens is 1. The highest BCUT2D eigenvalue weighted by Gasteiger charge is 2.43. The van der Waals surface area contributed by atoms with Crippen molar-refractivity contribution in [3.05, 3.63) is 16.6 Å². The molecule has 3 atom stereocenters. The molecule has 0 saturated carbocycles. The number of hydrogen-bond donors (Lipinski definition) is 1. The van der Waals surface area contributed by atoms with Crippen molar-refractivity contribution in [2.24, 2.45) is 5.92 Å². The molecule has 1 N–H and O–H groups in total. The highest BCUT2D eigenvalue weighted by atomic mass is 32.1. The zero-order valence-corrected chi connectivity index (χ0v) is 15.9. The van der Waals surface area contributed by atoms with Gasteiger partial charge in [-0.1, -0.05) is 0 Å². The third-order valence-electron chi connectivity index (χ3n) is 5.09. The van der Waals surface area contributed by atoms with E-state index in [1.807, 2.05) is 16.5 Å². The standard InChI is InChI=1S/C15H21N3O2S.C2HF3O2/c19-15(18-3-1-4-18)7-12-6-11-8-17(9-13(11)20-12)10-14-16-2-5-21-14;3-2(4,5)1(6)7/h2,5,11-13H,1,3-4,6-10H2;(H,6,7)/t11-,12+,13+;/m0./s1. The van der Waals surface area contributed by atoms with Gasteiger partial charge >= 0.3 is 12.1 Å². The van der Waals surface area contributed by atoms with Gasteiger partial charge in [-0.3, -0.25) is 9.69 Å². The molecule has 28 heavy (non-hydrogen) atoms. The van der Waals surface area contributed by atoms with Crippen molar-refractivity contribution < 1.29 is 32.6 Å². The Morgan fingerprint density at radius 2 is 2.04 bits per heavy atom. The lowest BCUT2D eigenvalue weighted by Crippen LogP contribution is -2.43. The van der Waals surface area contributed by atoms with E-state index in [4.69, 9.17) is 14.6 Å². The summed E-state index contributed by atoms with van der Waals surface area (Å²) < 4.78 is 37.9. The van der Waals surface area contributed by atoms with Crippen molar-refractivity contribution in [3.63, 3.8) is 0 Å². The number of amides is 1. The zero-order valence-electron chi connectivity index (χ0n) is 15.1. The molecule has 3 saturated heterocycles. The van der Waals surface area contributed by atoms with E-state index in [0.717, 1.165) is 45.6 Å². The Bertz CT molecular complexity index is 668. The van der Waals surface area contributed by atoms with Gasteiger partial charge in [-0.25, -0.2) is 9.78 Å².